The van der Waals surface area contributed by atoms with Gasteiger partial charge in [0.15, 0.2) is 0 Å². The van der Waals surface area contributed by atoms with E-state index in [0.29, 0.717) is 30.4 Å². The zero-order valence-corrected chi connectivity index (χ0v) is 13.3. The van der Waals surface area contributed by atoms with Crippen LogP contribution in [0.4, 0.5) is 5.69 Å². The summed E-state index contributed by atoms with van der Waals surface area (Å²) in [5.41, 5.74) is 6.55. The molecule has 1 rings (SSSR count). The van der Waals surface area contributed by atoms with E-state index < -0.39 is 6.04 Å². The van der Waals surface area contributed by atoms with Crippen molar-refractivity contribution in [2.45, 2.75) is 40.2 Å². The molecule has 0 aliphatic carbocycles. The minimum atomic E-state index is -0.541. The van der Waals surface area contributed by atoms with Gasteiger partial charge in [0, 0.05) is 6.07 Å². The fourth-order valence-electron chi connectivity index (χ4n) is 1.87. The summed E-state index contributed by atoms with van der Waals surface area (Å²) in [7, 11) is 0. The Bertz CT molecular complexity index is 463. The van der Waals surface area contributed by atoms with Gasteiger partial charge in [-0.15, -0.1) is 0 Å². The van der Waals surface area contributed by atoms with Crippen LogP contribution in [-0.4, -0.2) is 25.2 Å². The Hall–Kier alpha value is -1.75. The summed E-state index contributed by atoms with van der Waals surface area (Å²) in [6.45, 7) is 8.87. The molecule has 1 aromatic carbocycles. The van der Waals surface area contributed by atoms with Gasteiger partial charge in [0.1, 0.15) is 11.5 Å². The lowest BCUT2D eigenvalue weighted by Gasteiger charge is -2.19. The van der Waals surface area contributed by atoms with Crippen LogP contribution < -0.4 is 20.5 Å². The molecule has 0 radical (unpaired) electrons. The second kappa shape index (κ2) is 8.52. The van der Waals surface area contributed by atoms with Crippen molar-refractivity contribution in [3.8, 4) is 11.5 Å². The first kappa shape index (κ1) is 17.3. The number of benzene rings is 1. The number of nitrogens with one attached hydrogen (secondary N) is 1. The van der Waals surface area contributed by atoms with E-state index in [2.05, 4.69) is 5.32 Å². The maximum absolute atomic E-state index is 12.2. The Morgan fingerprint density at radius 1 is 1.24 bits per heavy atom. The van der Waals surface area contributed by atoms with Crippen molar-refractivity contribution >= 4 is 11.6 Å². The topological polar surface area (TPSA) is 73.6 Å². The highest BCUT2D eigenvalue weighted by molar-refractivity contribution is 5.96. The first-order valence-electron chi connectivity index (χ1n) is 7.49. The molecule has 5 nitrogen and oxygen atoms in total. The van der Waals surface area contributed by atoms with Crippen LogP contribution in [0, 0.1) is 5.92 Å². The summed E-state index contributed by atoms with van der Waals surface area (Å²) in [4.78, 5) is 12.2. The van der Waals surface area contributed by atoms with E-state index in [1.807, 2.05) is 33.8 Å². The van der Waals surface area contributed by atoms with Crippen LogP contribution in [0.2, 0.25) is 0 Å². The second-order valence-electron chi connectivity index (χ2n) is 4.92. The van der Waals surface area contributed by atoms with Crippen molar-refractivity contribution in [3.63, 3.8) is 0 Å². The van der Waals surface area contributed by atoms with E-state index in [1.165, 1.54) is 0 Å². The van der Waals surface area contributed by atoms with Gasteiger partial charge in [0.25, 0.3) is 0 Å². The zero-order valence-electron chi connectivity index (χ0n) is 13.3. The minimum Gasteiger partial charge on any atom is -0.494 e. The predicted molar refractivity (Wildman–Crippen MR) is 84.8 cm³/mol. The molecule has 0 aromatic heterocycles. The van der Waals surface area contributed by atoms with Gasteiger partial charge in [0.05, 0.1) is 24.9 Å². The second-order valence-corrected chi connectivity index (χ2v) is 4.92. The molecule has 0 bridgehead atoms. The summed E-state index contributed by atoms with van der Waals surface area (Å²) in [5, 5.41) is 2.84. The van der Waals surface area contributed by atoms with Crippen LogP contribution >= 0.6 is 0 Å². The zero-order chi connectivity index (χ0) is 15.8. The number of hydrogen-bond acceptors (Lipinski definition) is 4. The molecule has 0 saturated heterocycles. The Morgan fingerprint density at radius 3 is 2.48 bits per heavy atom. The van der Waals surface area contributed by atoms with Gasteiger partial charge in [-0.2, -0.15) is 0 Å². The maximum Gasteiger partial charge on any atom is 0.241 e. The van der Waals surface area contributed by atoms with Crippen LogP contribution in [0.1, 0.15) is 34.1 Å². The van der Waals surface area contributed by atoms with Crippen molar-refractivity contribution in [3.05, 3.63) is 18.2 Å². The molecule has 0 fully saturated rings. The van der Waals surface area contributed by atoms with Crippen LogP contribution in [0.15, 0.2) is 18.2 Å². The molecule has 1 amide bonds. The molecule has 3 N–H and O–H groups in total. The Labute approximate surface area is 126 Å². The normalized spacial score (nSPS) is 13.4. The molecule has 0 aliphatic heterocycles. The monoisotopic (exact) mass is 294 g/mol. The molecule has 21 heavy (non-hydrogen) atoms. The number of amides is 1. The first-order valence-corrected chi connectivity index (χ1v) is 7.49. The molecule has 2 atom stereocenters. The Morgan fingerprint density at radius 2 is 1.90 bits per heavy atom. The number of rotatable bonds is 8. The van der Waals surface area contributed by atoms with Crippen LogP contribution in [0.25, 0.3) is 0 Å². The Kier molecular flexibility index (Phi) is 7.02. The highest BCUT2D eigenvalue weighted by Crippen LogP contribution is 2.29. The van der Waals surface area contributed by atoms with Crippen molar-refractivity contribution in [2.75, 3.05) is 18.5 Å². The van der Waals surface area contributed by atoms with Crippen LogP contribution in [0.5, 0.6) is 11.5 Å². The number of ether oxygens (including phenoxy) is 2. The molecule has 118 valence electrons. The van der Waals surface area contributed by atoms with Gasteiger partial charge in [-0.1, -0.05) is 20.3 Å². The standard InChI is InChI=1S/C16H26N2O3/c1-5-11(4)15(17)16(19)18-13-10-12(20-6-2)8-9-14(13)21-7-3/h8-11,15H,5-7,17H2,1-4H3,(H,18,19). The van der Waals surface area contributed by atoms with Crippen LogP contribution in [0.3, 0.4) is 0 Å². The summed E-state index contributed by atoms with van der Waals surface area (Å²) in [5.74, 6) is 1.22. The fourth-order valence-corrected chi connectivity index (χ4v) is 1.87. The van der Waals surface area contributed by atoms with E-state index in [9.17, 15) is 4.79 Å². The third-order valence-electron chi connectivity index (χ3n) is 3.38. The molecule has 2 unspecified atom stereocenters. The smallest absolute Gasteiger partial charge is 0.241 e. The predicted octanol–water partition coefficient (Wildman–Crippen LogP) is 2.80. The van der Waals surface area contributed by atoms with Crippen molar-refractivity contribution in [1.82, 2.24) is 0 Å². The molecule has 0 spiro atoms. The third-order valence-corrected chi connectivity index (χ3v) is 3.38. The number of hydrogen-bond donors (Lipinski definition) is 2. The third kappa shape index (κ3) is 4.93. The lowest BCUT2D eigenvalue weighted by Crippen LogP contribution is -2.40. The van der Waals surface area contributed by atoms with Gasteiger partial charge in [-0.05, 0) is 31.9 Å². The van der Waals surface area contributed by atoms with Gasteiger partial charge in [0.2, 0.25) is 5.91 Å². The summed E-state index contributed by atoms with van der Waals surface area (Å²) < 4.78 is 11.0. The van der Waals surface area contributed by atoms with Gasteiger partial charge < -0.3 is 20.5 Å². The van der Waals surface area contributed by atoms with Crippen molar-refractivity contribution < 1.29 is 14.3 Å². The van der Waals surface area contributed by atoms with Crippen molar-refractivity contribution in [1.29, 1.82) is 0 Å². The molecule has 1 aromatic rings. The number of carbonyl (C=O) groups is 1. The minimum absolute atomic E-state index is 0.121. The van der Waals surface area contributed by atoms with E-state index in [0.717, 1.165) is 6.42 Å². The molecule has 5 heteroatoms. The highest BCUT2D eigenvalue weighted by atomic mass is 16.5. The van der Waals surface area contributed by atoms with Gasteiger partial charge >= 0.3 is 0 Å². The number of carbonyl (C=O) groups excluding carboxylic acids is 1. The first-order chi connectivity index (χ1) is 10.0. The summed E-state index contributed by atoms with van der Waals surface area (Å²) >= 11 is 0. The summed E-state index contributed by atoms with van der Waals surface area (Å²) in [6, 6.07) is 4.83. The van der Waals surface area contributed by atoms with E-state index in [1.54, 1.807) is 12.1 Å². The maximum atomic E-state index is 12.2. The lowest BCUT2D eigenvalue weighted by atomic mass is 9.99. The highest BCUT2D eigenvalue weighted by Gasteiger charge is 2.20. The quantitative estimate of drug-likeness (QED) is 0.773. The van der Waals surface area contributed by atoms with Gasteiger partial charge in [-0.3, -0.25) is 4.79 Å². The van der Waals surface area contributed by atoms with Crippen molar-refractivity contribution in [2.24, 2.45) is 11.7 Å². The van der Waals surface area contributed by atoms with E-state index in [-0.39, 0.29) is 11.8 Å². The Balaban J connectivity index is 2.92. The molecule has 0 saturated carbocycles. The molecule has 0 heterocycles. The molecular weight excluding hydrogens is 268 g/mol. The average molecular weight is 294 g/mol. The lowest BCUT2D eigenvalue weighted by molar-refractivity contribution is -0.118. The van der Waals surface area contributed by atoms with Gasteiger partial charge in [-0.25, -0.2) is 0 Å². The summed E-state index contributed by atoms with van der Waals surface area (Å²) in [6.07, 6.45) is 0.853. The fraction of sp³-hybridized carbons (Fsp3) is 0.562. The number of nitrogens with two attached hydrogens (primary N) is 1. The van der Waals surface area contributed by atoms with Crippen LogP contribution in [-0.2, 0) is 4.79 Å². The van der Waals surface area contributed by atoms with E-state index >= 15 is 0 Å². The largest absolute Gasteiger partial charge is 0.494 e. The average Bonchev–Trinajstić information content (AvgIpc) is 2.48. The molecule has 0 aliphatic rings. The molecular formula is C16H26N2O3. The number of anilines is 1. The van der Waals surface area contributed by atoms with E-state index in [4.69, 9.17) is 15.2 Å². The SMILES string of the molecule is CCOc1ccc(OCC)c(NC(=O)C(N)C(C)CC)c1.